The van der Waals surface area contributed by atoms with E-state index in [-0.39, 0.29) is 6.10 Å². The normalized spacial score (nSPS) is 19.0. The zero-order chi connectivity index (χ0) is 11.8. The number of aromatic nitrogens is 3. The predicted molar refractivity (Wildman–Crippen MR) is 64.2 cm³/mol. The molecule has 1 aromatic carbocycles. The Kier molecular flexibility index (Phi) is 2.33. The molecule has 5 heteroatoms. The first-order valence-electron chi connectivity index (χ1n) is 5.70. The zero-order valence-corrected chi connectivity index (χ0v) is 9.37. The van der Waals surface area contributed by atoms with Crippen molar-refractivity contribution < 1.29 is 5.11 Å². The number of rotatable bonds is 1. The monoisotopic (exact) mass is 230 g/mol. The van der Waals surface area contributed by atoms with Crippen LogP contribution < -0.4 is 5.73 Å². The lowest BCUT2D eigenvalue weighted by atomic mass is 10.1. The van der Waals surface area contributed by atoms with E-state index >= 15 is 0 Å². The molecule has 2 aromatic rings. The van der Waals surface area contributed by atoms with Crippen LogP contribution in [-0.4, -0.2) is 26.0 Å². The number of nitrogens with zero attached hydrogens (tertiary/aromatic N) is 3. The van der Waals surface area contributed by atoms with Gasteiger partial charge >= 0.3 is 0 Å². The molecule has 0 radical (unpaired) electrons. The summed E-state index contributed by atoms with van der Waals surface area (Å²) in [6.07, 6.45) is 1.01. The second-order valence-corrected chi connectivity index (χ2v) is 4.33. The van der Waals surface area contributed by atoms with Crippen LogP contribution in [-0.2, 0) is 13.0 Å². The summed E-state index contributed by atoms with van der Waals surface area (Å²) in [6.45, 7) is 0.743. The molecule has 1 aliphatic rings. The van der Waals surface area contributed by atoms with Gasteiger partial charge in [0.2, 0.25) is 0 Å². The summed E-state index contributed by atoms with van der Waals surface area (Å²) in [5.41, 5.74) is 7.55. The molecule has 0 spiro atoms. The maximum atomic E-state index is 9.58. The number of aliphatic hydroxyl groups is 1. The molecule has 1 unspecified atom stereocenters. The van der Waals surface area contributed by atoms with Crippen LogP contribution in [0.2, 0.25) is 0 Å². The lowest BCUT2D eigenvalue weighted by Gasteiger charge is -2.19. The van der Waals surface area contributed by atoms with Gasteiger partial charge in [-0.25, -0.2) is 0 Å². The van der Waals surface area contributed by atoms with Crippen LogP contribution in [0.15, 0.2) is 24.3 Å². The Bertz CT molecular complexity index is 549. The fourth-order valence-electron chi connectivity index (χ4n) is 2.21. The van der Waals surface area contributed by atoms with Crippen LogP contribution in [0.3, 0.4) is 0 Å². The minimum Gasteiger partial charge on any atom is -0.398 e. The molecule has 0 amide bonds. The van der Waals surface area contributed by atoms with Gasteiger partial charge in [0.25, 0.3) is 0 Å². The summed E-state index contributed by atoms with van der Waals surface area (Å²) < 4.78 is 2.04. The van der Waals surface area contributed by atoms with Gasteiger partial charge in [-0.1, -0.05) is 12.1 Å². The minimum absolute atomic E-state index is 0.298. The number of hydrogen-bond donors (Lipinski definition) is 2. The SMILES string of the molecule is Nc1ccccc1-c1nnc2n1CCC(O)C2. The summed E-state index contributed by atoms with van der Waals surface area (Å²) in [4.78, 5) is 0. The first-order chi connectivity index (χ1) is 8.25. The fraction of sp³-hybridized carbons (Fsp3) is 0.333. The number of anilines is 1. The lowest BCUT2D eigenvalue weighted by Crippen LogP contribution is -2.23. The van der Waals surface area contributed by atoms with E-state index in [0.29, 0.717) is 12.1 Å². The van der Waals surface area contributed by atoms with Gasteiger partial charge in [0.15, 0.2) is 5.82 Å². The van der Waals surface area contributed by atoms with Crippen molar-refractivity contribution in [3.05, 3.63) is 30.1 Å². The van der Waals surface area contributed by atoms with Crippen LogP contribution in [0.5, 0.6) is 0 Å². The van der Waals surface area contributed by atoms with Crippen molar-refractivity contribution in [1.82, 2.24) is 14.8 Å². The predicted octanol–water partition coefficient (Wildman–Crippen LogP) is 0.834. The molecule has 1 atom stereocenters. The molecule has 0 bridgehead atoms. The molecule has 17 heavy (non-hydrogen) atoms. The van der Waals surface area contributed by atoms with Gasteiger partial charge in [-0.3, -0.25) is 0 Å². The van der Waals surface area contributed by atoms with Crippen LogP contribution in [0.4, 0.5) is 5.69 Å². The summed E-state index contributed by atoms with van der Waals surface area (Å²) in [6, 6.07) is 7.63. The van der Waals surface area contributed by atoms with E-state index in [9.17, 15) is 5.11 Å². The lowest BCUT2D eigenvalue weighted by molar-refractivity contribution is 0.142. The minimum atomic E-state index is -0.298. The Labute approximate surface area is 98.9 Å². The maximum Gasteiger partial charge on any atom is 0.166 e. The Hall–Kier alpha value is -1.88. The third-order valence-electron chi connectivity index (χ3n) is 3.13. The van der Waals surface area contributed by atoms with Crippen LogP contribution in [0.1, 0.15) is 12.2 Å². The van der Waals surface area contributed by atoms with Crippen molar-refractivity contribution in [3.8, 4) is 11.4 Å². The van der Waals surface area contributed by atoms with Crippen molar-refractivity contribution in [3.63, 3.8) is 0 Å². The first kappa shape index (κ1) is 10.3. The number of nitrogen functional groups attached to an aromatic ring is 1. The van der Waals surface area contributed by atoms with Crippen molar-refractivity contribution in [2.24, 2.45) is 0 Å². The van der Waals surface area contributed by atoms with Crippen molar-refractivity contribution >= 4 is 5.69 Å². The largest absolute Gasteiger partial charge is 0.398 e. The molecule has 0 aliphatic carbocycles. The van der Waals surface area contributed by atoms with Gasteiger partial charge in [-0.05, 0) is 18.6 Å². The van der Waals surface area contributed by atoms with E-state index in [1.807, 2.05) is 28.8 Å². The van der Waals surface area contributed by atoms with Gasteiger partial charge in [0, 0.05) is 24.2 Å². The highest BCUT2D eigenvalue weighted by atomic mass is 16.3. The Morgan fingerprint density at radius 1 is 1.29 bits per heavy atom. The van der Waals surface area contributed by atoms with Crippen molar-refractivity contribution in [2.75, 3.05) is 5.73 Å². The number of fused-ring (bicyclic) bond motifs is 1. The van der Waals surface area contributed by atoms with E-state index in [0.717, 1.165) is 30.2 Å². The average molecular weight is 230 g/mol. The number of hydrogen-bond acceptors (Lipinski definition) is 4. The third-order valence-corrected chi connectivity index (χ3v) is 3.13. The van der Waals surface area contributed by atoms with E-state index in [1.165, 1.54) is 0 Å². The van der Waals surface area contributed by atoms with Gasteiger partial charge < -0.3 is 15.4 Å². The van der Waals surface area contributed by atoms with Crippen molar-refractivity contribution in [2.45, 2.75) is 25.5 Å². The Morgan fingerprint density at radius 3 is 2.94 bits per heavy atom. The highest BCUT2D eigenvalue weighted by Gasteiger charge is 2.22. The van der Waals surface area contributed by atoms with E-state index < -0.39 is 0 Å². The fourth-order valence-corrected chi connectivity index (χ4v) is 2.21. The standard InChI is InChI=1S/C12H14N4O/c13-10-4-2-1-3-9(10)12-15-14-11-7-8(17)5-6-16(11)12/h1-4,8,17H,5-7,13H2. The molecular weight excluding hydrogens is 216 g/mol. The molecule has 1 aromatic heterocycles. The number of para-hydroxylation sites is 1. The Balaban J connectivity index is 2.09. The third kappa shape index (κ3) is 1.68. The smallest absolute Gasteiger partial charge is 0.166 e. The molecule has 0 saturated heterocycles. The summed E-state index contributed by atoms with van der Waals surface area (Å²) in [5, 5.41) is 17.9. The topological polar surface area (TPSA) is 77.0 Å². The molecule has 5 nitrogen and oxygen atoms in total. The summed E-state index contributed by atoms with van der Waals surface area (Å²) in [7, 11) is 0. The Morgan fingerprint density at radius 2 is 2.12 bits per heavy atom. The van der Waals surface area contributed by atoms with Crippen LogP contribution >= 0.6 is 0 Å². The summed E-state index contributed by atoms with van der Waals surface area (Å²) in [5.74, 6) is 1.63. The zero-order valence-electron chi connectivity index (χ0n) is 9.37. The number of nitrogens with two attached hydrogens (primary N) is 1. The number of benzene rings is 1. The van der Waals surface area contributed by atoms with Crippen LogP contribution in [0.25, 0.3) is 11.4 Å². The molecule has 3 N–H and O–H groups in total. The summed E-state index contributed by atoms with van der Waals surface area (Å²) >= 11 is 0. The average Bonchev–Trinajstić information content (AvgIpc) is 2.72. The molecule has 88 valence electrons. The molecule has 3 rings (SSSR count). The molecule has 0 fully saturated rings. The van der Waals surface area contributed by atoms with Gasteiger partial charge in [0.1, 0.15) is 5.82 Å². The molecule has 2 heterocycles. The van der Waals surface area contributed by atoms with Crippen molar-refractivity contribution in [1.29, 1.82) is 0 Å². The van der Waals surface area contributed by atoms with E-state index in [4.69, 9.17) is 5.73 Å². The molecule has 0 saturated carbocycles. The second-order valence-electron chi connectivity index (χ2n) is 4.33. The van der Waals surface area contributed by atoms with E-state index in [1.54, 1.807) is 0 Å². The van der Waals surface area contributed by atoms with Gasteiger partial charge in [-0.2, -0.15) is 0 Å². The second kappa shape index (κ2) is 3.85. The quantitative estimate of drug-likeness (QED) is 0.711. The van der Waals surface area contributed by atoms with Gasteiger partial charge in [-0.15, -0.1) is 10.2 Å². The molecular formula is C12H14N4O. The highest BCUT2D eigenvalue weighted by Crippen LogP contribution is 2.27. The highest BCUT2D eigenvalue weighted by molar-refractivity contribution is 5.71. The number of aliphatic hydroxyl groups excluding tert-OH is 1. The van der Waals surface area contributed by atoms with Crippen LogP contribution in [0, 0.1) is 0 Å². The molecule has 1 aliphatic heterocycles. The first-order valence-corrected chi connectivity index (χ1v) is 5.70. The maximum absolute atomic E-state index is 9.58. The van der Waals surface area contributed by atoms with Gasteiger partial charge in [0.05, 0.1) is 6.10 Å². The van der Waals surface area contributed by atoms with E-state index in [2.05, 4.69) is 10.2 Å².